The minimum Gasteiger partial charge on any atom is -0.479 e. The highest BCUT2D eigenvalue weighted by molar-refractivity contribution is 5.97. The van der Waals surface area contributed by atoms with Crippen LogP contribution in [-0.4, -0.2) is 18.1 Å². The van der Waals surface area contributed by atoms with Gasteiger partial charge in [0, 0.05) is 0 Å². The van der Waals surface area contributed by atoms with Crippen molar-refractivity contribution in [3.05, 3.63) is 23.8 Å². The molecule has 0 saturated heterocycles. The molecule has 98 valence electrons. The first-order valence-corrected chi connectivity index (χ1v) is 6.36. The maximum Gasteiger partial charge on any atom is 0.265 e. The van der Waals surface area contributed by atoms with Crippen LogP contribution in [0.15, 0.2) is 23.2 Å². The van der Waals surface area contributed by atoms with Crippen LogP contribution >= 0.6 is 0 Å². The molecule has 1 aliphatic heterocycles. The van der Waals surface area contributed by atoms with Crippen LogP contribution in [0, 0.1) is 0 Å². The third-order valence-electron chi connectivity index (χ3n) is 3.89. The van der Waals surface area contributed by atoms with Crippen LogP contribution in [0.3, 0.4) is 0 Å². The lowest BCUT2D eigenvalue weighted by Gasteiger charge is -2.37. The van der Waals surface area contributed by atoms with Gasteiger partial charge in [0.1, 0.15) is 5.75 Å². The van der Waals surface area contributed by atoms with Crippen molar-refractivity contribution in [3.63, 3.8) is 0 Å². The first-order chi connectivity index (χ1) is 9.14. The molecule has 0 spiro atoms. The zero-order chi connectivity index (χ0) is 13.5. The number of hydrogen-bond donors (Lipinski definition) is 1. The Morgan fingerprint density at radius 2 is 2.26 bits per heavy atom. The molecule has 1 heterocycles. The number of nitrogens with zero attached hydrogens (tertiary/aromatic N) is 1. The monoisotopic (exact) mass is 258 g/mol. The number of carbonyl (C=O) groups is 1. The maximum atomic E-state index is 11.6. The predicted molar refractivity (Wildman–Crippen MR) is 68.8 cm³/mol. The van der Waals surface area contributed by atoms with Gasteiger partial charge in [-0.25, -0.2) is 4.79 Å². The summed E-state index contributed by atoms with van der Waals surface area (Å²) < 4.78 is 5.50. The Labute approximate surface area is 110 Å². The summed E-state index contributed by atoms with van der Waals surface area (Å²) in [5.41, 5.74) is 1.12. The average Bonchev–Trinajstić information content (AvgIpc) is 2.35. The van der Waals surface area contributed by atoms with E-state index in [1.807, 2.05) is 18.2 Å². The first kappa shape index (κ1) is 11.9. The highest BCUT2D eigenvalue weighted by atomic mass is 16.5. The standard InChI is InChI=1S/C14H14N2O3/c1-9-13(18)16-11-7-10(3-4-12(11)19-9)14(15-8-17)5-2-6-14/h3-4,7,9H,2,5-6H2,1H3,(H,16,18). The van der Waals surface area contributed by atoms with Crippen molar-refractivity contribution in [2.24, 2.45) is 4.99 Å². The van der Waals surface area contributed by atoms with E-state index in [-0.39, 0.29) is 5.91 Å². The summed E-state index contributed by atoms with van der Waals surface area (Å²) in [6.07, 6.45) is 3.90. The number of rotatable bonds is 2. The van der Waals surface area contributed by atoms with Crippen LogP contribution < -0.4 is 10.1 Å². The van der Waals surface area contributed by atoms with E-state index in [1.54, 1.807) is 13.0 Å². The smallest absolute Gasteiger partial charge is 0.265 e. The van der Waals surface area contributed by atoms with E-state index in [0.717, 1.165) is 24.8 Å². The second-order valence-corrected chi connectivity index (χ2v) is 5.05. The summed E-state index contributed by atoms with van der Waals surface area (Å²) in [4.78, 5) is 26.1. The second kappa shape index (κ2) is 4.21. The molecule has 19 heavy (non-hydrogen) atoms. The number of fused-ring (bicyclic) bond motifs is 1. The van der Waals surface area contributed by atoms with Crippen LogP contribution in [0.4, 0.5) is 5.69 Å². The normalized spacial score (nSPS) is 23.2. The SMILES string of the molecule is CC1Oc2ccc(C3(N=C=O)CCC3)cc2NC1=O. The molecule has 5 nitrogen and oxygen atoms in total. The second-order valence-electron chi connectivity index (χ2n) is 5.05. The molecule has 1 amide bonds. The minimum atomic E-state index is -0.482. The largest absolute Gasteiger partial charge is 0.479 e. The average molecular weight is 258 g/mol. The van der Waals surface area contributed by atoms with E-state index in [0.29, 0.717) is 11.4 Å². The third-order valence-corrected chi connectivity index (χ3v) is 3.89. The predicted octanol–water partition coefficient (Wildman–Crippen LogP) is 2.12. The molecule has 0 radical (unpaired) electrons. The minimum absolute atomic E-state index is 0.161. The van der Waals surface area contributed by atoms with Gasteiger partial charge in [-0.1, -0.05) is 6.07 Å². The number of hydrogen-bond acceptors (Lipinski definition) is 4. The molecule has 5 heteroatoms. The summed E-state index contributed by atoms with van der Waals surface area (Å²) in [6, 6.07) is 5.57. The number of nitrogens with one attached hydrogen (secondary N) is 1. The molecule has 1 saturated carbocycles. The van der Waals surface area contributed by atoms with Gasteiger partial charge in [-0.2, -0.15) is 4.99 Å². The lowest BCUT2D eigenvalue weighted by atomic mass is 9.72. The molecule has 3 rings (SSSR count). The lowest BCUT2D eigenvalue weighted by molar-refractivity contribution is -0.122. The number of aliphatic imine (C=N–C) groups is 1. The molecule has 0 bridgehead atoms. The fourth-order valence-corrected chi connectivity index (χ4v) is 2.56. The van der Waals surface area contributed by atoms with Crippen LogP contribution in [0.25, 0.3) is 0 Å². The van der Waals surface area contributed by atoms with Gasteiger partial charge in [0.25, 0.3) is 5.91 Å². The van der Waals surface area contributed by atoms with E-state index in [1.165, 1.54) is 0 Å². The zero-order valence-corrected chi connectivity index (χ0v) is 10.6. The molecule has 1 atom stereocenters. The number of benzene rings is 1. The Bertz CT molecular complexity index is 586. The van der Waals surface area contributed by atoms with Gasteiger partial charge in [-0.05, 0) is 43.9 Å². The number of isocyanates is 1. The quantitative estimate of drug-likeness (QED) is 0.652. The van der Waals surface area contributed by atoms with E-state index in [9.17, 15) is 9.59 Å². The van der Waals surface area contributed by atoms with Gasteiger partial charge in [-0.15, -0.1) is 0 Å². The number of ether oxygens (including phenoxy) is 1. The van der Waals surface area contributed by atoms with Crippen molar-refractivity contribution < 1.29 is 14.3 Å². The molecule has 1 unspecified atom stereocenters. The summed E-state index contributed by atoms with van der Waals surface area (Å²) in [7, 11) is 0. The van der Waals surface area contributed by atoms with E-state index in [4.69, 9.17) is 4.74 Å². The lowest BCUT2D eigenvalue weighted by Crippen LogP contribution is -2.35. The highest BCUT2D eigenvalue weighted by Crippen LogP contribution is 2.46. The third kappa shape index (κ3) is 1.83. The number of amides is 1. The highest BCUT2D eigenvalue weighted by Gasteiger charge is 2.39. The molecule has 0 aromatic heterocycles. The molecule has 1 aliphatic carbocycles. The summed E-state index contributed by atoms with van der Waals surface area (Å²) in [6.45, 7) is 1.70. The Hall–Kier alpha value is -2.13. The molecular weight excluding hydrogens is 244 g/mol. The summed E-state index contributed by atoms with van der Waals surface area (Å²) in [5.74, 6) is 0.492. The van der Waals surface area contributed by atoms with Crippen LogP contribution in [0.1, 0.15) is 31.7 Å². The Morgan fingerprint density at radius 3 is 2.89 bits per heavy atom. The van der Waals surface area contributed by atoms with Crippen LogP contribution in [0.5, 0.6) is 5.75 Å². The van der Waals surface area contributed by atoms with Crippen molar-refractivity contribution in [2.75, 3.05) is 5.32 Å². The van der Waals surface area contributed by atoms with Crippen LogP contribution in [-0.2, 0) is 15.1 Å². The Morgan fingerprint density at radius 1 is 1.47 bits per heavy atom. The Kier molecular flexibility index (Phi) is 2.64. The van der Waals surface area contributed by atoms with Gasteiger partial charge >= 0.3 is 0 Å². The van der Waals surface area contributed by atoms with Gasteiger partial charge in [-0.3, -0.25) is 4.79 Å². The van der Waals surface area contributed by atoms with Gasteiger partial charge in [0.05, 0.1) is 11.2 Å². The summed E-state index contributed by atoms with van der Waals surface area (Å²) in [5, 5.41) is 2.81. The van der Waals surface area contributed by atoms with Gasteiger partial charge in [0.2, 0.25) is 6.08 Å². The van der Waals surface area contributed by atoms with Crippen molar-refractivity contribution in [1.82, 2.24) is 0 Å². The van der Waals surface area contributed by atoms with Crippen molar-refractivity contribution in [1.29, 1.82) is 0 Å². The van der Waals surface area contributed by atoms with E-state index < -0.39 is 11.6 Å². The van der Waals surface area contributed by atoms with E-state index in [2.05, 4.69) is 10.3 Å². The topological polar surface area (TPSA) is 67.8 Å². The molecule has 1 N–H and O–H groups in total. The summed E-state index contributed by atoms with van der Waals surface area (Å²) >= 11 is 0. The molecule has 1 fully saturated rings. The van der Waals surface area contributed by atoms with Crippen molar-refractivity contribution in [3.8, 4) is 5.75 Å². The van der Waals surface area contributed by atoms with E-state index >= 15 is 0 Å². The van der Waals surface area contributed by atoms with Crippen LogP contribution in [0.2, 0.25) is 0 Å². The zero-order valence-electron chi connectivity index (χ0n) is 10.6. The molecule has 1 aromatic carbocycles. The maximum absolute atomic E-state index is 11.6. The first-order valence-electron chi connectivity index (χ1n) is 6.36. The van der Waals surface area contributed by atoms with Crippen molar-refractivity contribution >= 4 is 17.7 Å². The molecule has 1 aromatic rings. The molecule has 2 aliphatic rings. The van der Waals surface area contributed by atoms with Gasteiger partial charge in [0.15, 0.2) is 6.10 Å². The molecular formula is C14H14N2O3. The Balaban J connectivity index is 2.00. The fourth-order valence-electron chi connectivity index (χ4n) is 2.56. The number of anilines is 1. The van der Waals surface area contributed by atoms with Crippen molar-refractivity contribution in [2.45, 2.75) is 37.8 Å². The fraction of sp³-hybridized carbons (Fsp3) is 0.429. The van der Waals surface area contributed by atoms with Gasteiger partial charge < -0.3 is 10.1 Å². The number of carbonyl (C=O) groups excluding carboxylic acids is 2.